The molecule has 62 heavy (non-hydrogen) atoms. The Hall–Kier alpha value is -3.79. The molecule has 0 aromatic heterocycles. The molecule has 13 unspecified atom stereocenters. The lowest BCUT2D eigenvalue weighted by molar-refractivity contribution is -0.265. The number of fused-ring (bicyclic) bond motifs is 16. The lowest BCUT2D eigenvalue weighted by Crippen LogP contribution is -2.60. The van der Waals surface area contributed by atoms with Gasteiger partial charge in [-0.05, 0) is 101 Å². The molecule has 2 N–H and O–H groups in total. The number of carbonyl (C=O) groups excluding carboxylic acids is 5. The summed E-state index contributed by atoms with van der Waals surface area (Å²) in [6.07, 6.45) is 13.7. The standard InChI is InChI=1S/C48H70N2O12/c1-28-23-31(4)42(52)44(59-9)43(53)32(5)24-29(2)40(51)26-34(7)60-47(56)39-17-13-14-22-49(39)46(55)45(54)48(57)33(6)18-19-36(61-48)27-41(58-8)30(3)25-37-20-21-38(28)50(62-37)35-15-11-10-12-16-35/h11,15-16,20-21,24-25,28-29,31,33-34,36-39,41,43-44,53,57H,10,12-14,17-19,22-23,26-27H2,1-9H3/b30-25+,32-24+. The number of allylic oxidation sites excluding steroid dienone is 4. The van der Waals surface area contributed by atoms with Gasteiger partial charge < -0.3 is 34.1 Å². The summed E-state index contributed by atoms with van der Waals surface area (Å²) in [5, 5.41) is 25.2. The Labute approximate surface area is 367 Å². The quantitative estimate of drug-likeness (QED) is 0.202. The fraction of sp³-hybridized carbons (Fsp3) is 0.688. The number of Topliss-reactive ketones (excluding diaryl/α,β-unsaturated/α-hetero) is 3. The number of ether oxygens (including phenoxy) is 4. The van der Waals surface area contributed by atoms with Crippen LogP contribution in [0.15, 0.2) is 59.4 Å². The number of carbonyl (C=O) groups is 5. The lowest BCUT2D eigenvalue weighted by Gasteiger charge is -2.42. The number of aliphatic hydroxyl groups excluding tert-OH is 1. The molecule has 2 fully saturated rings. The van der Waals surface area contributed by atoms with E-state index in [1.54, 1.807) is 40.9 Å². The molecule has 6 aliphatic rings. The van der Waals surface area contributed by atoms with E-state index >= 15 is 0 Å². The molecular weight excluding hydrogens is 797 g/mol. The zero-order chi connectivity index (χ0) is 45.5. The van der Waals surface area contributed by atoms with Crippen molar-refractivity contribution in [3.05, 3.63) is 59.4 Å². The molecule has 6 rings (SSSR count). The first-order chi connectivity index (χ1) is 29.4. The number of hydrogen-bond acceptors (Lipinski definition) is 13. The van der Waals surface area contributed by atoms with Crippen LogP contribution in [-0.4, -0.2) is 125 Å². The molecule has 4 bridgehead atoms. The highest BCUT2D eigenvalue weighted by Gasteiger charge is 2.53. The van der Waals surface area contributed by atoms with Crippen molar-refractivity contribution in [1.82, 2.24) is 9.96 Å². The second kappa shape index (κ2) is 21.7. The third-order valence-corrected chi connectivity index (χ3v) is 13.3. The molecule has 5 aliphatic heterocycles. The van der Waals surface area contributed by atoms with Crippen LogP contribution >= 0.6 is 0 Å². The van der Waals surface area contributed by atoms with Crippen LogP contribution in [-0.2, 0) is 47.8 Å². The molecule has 1 aliphatic carbocycles. The molecule has 5 heterocycles. The average Bonchev–Trinajstić information content (AvgIpc) is 3.25. The fourth-order valence-electron chi connectivity index (χ4n) is 9.43. The van der Waals surface area contributed by atoms with Crippen LogP contribution < -0.4 is 0 Å². The summed E-state index contributed by atoms with van der Waals surface area (Å²) in [4.78, 5) is 76.8. The molecule has 0 aromatic rings. The third-order valence-electron chi connectivity index (χ3n) is 13.3. The van der Waals surface area contributed by atoms with Crippen molar-refractivity contribution >= 4 is 29.2 Å². The van der Waals surface area contributed by atoms with Gasteiger partial charge in [0.15, 0.2) is 5.78 Å². The van der Waals surface area contributed by atoms with Crippen molar-refractivity contribution in [2.45, 2.75) is 167 Å². The SMILES string of the molecule is COC1CC2CCC(C)C(O)(O2)C(=O)C(=O)N2CCCCC2C(=O)OC(C)CC(=O)C(C)/C=C(\C)C(O)C(OC)C(=O)C(C)CC(C)C2C=CC(/C=C/1C)ON2C1=CCCC=C1. The molecule has 344 valence electrons. The normalized spacial score (nSPS) is 39.7. The van der Waals surface area contributed by atoms with Gasteiger partial charge in [-0.1, -0.05) is 58.1 Å². The number of methoxy groups -OCH3 is 2. The van der Waals surface area contributed by atoms with E-state index < -0.39 is 83.9 Å². The van der Waals surface area contributed by atoms with E-state index in [4.69, 9.17) is 23.8 Å². The number of amides is 1. The first-order valence-electron chi connectivity index (χ1n) is 22.5. The highest BCUT2D eigenvalue weighted by Crippen LogP contribution is 2.37. The highest BCUT2D eigenvalue weighted by molar-refractivity contribution is 6.39. The number of nitrogens with zero attached hydrogens (tertiary/aromatic N) is 2. The van der Waals surface area contributed by atoms with Gasteiger partial charge in [0.2, 0.25) is 5.79 Å². The molecule has 0 radical (unpaired) electrons. The van der Waals surface area contributed by atoms with Crippen molar-refractivity contribution in [2.75, 3.05) is 20.8 Å². The van der Waals surface area contributed by atoms with E-state index in [1.807, 2.05) is 37.1 Å². The minimum Gasteiger partial charge on any atom is -0.461 e. The number of esters is 1. The van der Waals surface area contributed by atoms with Crippen molar-refractivity contribution < 1.29 is 58.0 Å². The Morgan fingerprint density at radius 1 is 0.871 bits per heavy atom. The van der Waals surface area contributed by atoms with Gasteiger partial charge in [-0.2, -0.15) is 0 Å². The number of ketones is 3. The summed E-state index contributed by atoms with van der Waals surface area (Å²) in [5.74, 6) is -7.83. The van der Waals surface area contributed by atoms with E-state index in [9.17, 15) is 34.2 Å². The second-order valence-corrected chi connectivity index (χ2v) is 18.2. The molecular formula is C48H70N2O12. The van der Waals surface area contributed by atoms with Gasteiger partial charge in [-0.15, -0.1) is 0 Å². The molecule has 0 spiro atoms. The molecule has 14 heteroatoms. The predicted octanol–water partition coefficient (Wildman–Crippen LogP) is 5.66. The zero-order valence-corrected chi connectivity index (χ0v) is 38.1. The minimum atomic E-state index is -2.42. The number of hydroxylamine groups is 2. The van der Waals surface area contributed by atoms with Crippen molar-refractivity contribution in [3.63, 3.8) is 0 Å². The van der Waals surface area contributed by atoms with Crippen LogP contribution in [0.5, 0.6) is 0 Å². The smallest absolute Gasteiger partial charge is 0.329 e. The van der Waals surface area contributed by atoms with E-state index in [-0.39, 0.29) is 49.3 Å². The molecule has 1 amide bonds. The third kappa shape index (κ3) is 11.5. The van der Waals surface area contributed by atoms with Gasteiger partial charge in [0.1, 0.15) is 36.2 Å². The van der Waals surface area contributed by atoms with Crippen LogP contribution in [0.25, 0.3) is 0 Å². The summed E-state index contributed by atoms with van der Waals surface area (Å²) in [7, 11) is 2.96. The van der Waals surface area contributed by atoms with Crippen molar-refractivity contribution in [2.24, 2.45) is 23.7 Å². The number of piperidine rings is 1. The summed E-state index contributed by atoms with van der Waals surface area (Å²) in [6.45, 7) is 12.5. The maximum absolute atomic E-state index is 14.0. The Balaban J connectivity index is 1.48. The van der Waals surface area contributed by atoms with Crippen LogP contribution in [0.2, 0.25) is 0 Å². The van der Waals surface area contributed by atoms with Crippen molar-refractivity contribution in [3.8, 4) is 0 Å². The fourth-order valence-corrected chi connectivity index (χ4v) is 9.43. The summed E-state index contributed by atoms with van der Waals surface area (Å²) >= 11 is 0. The maximum Gasteiger partial charge on any atom is 0.329 e. The molecule has 0 saturated carbocycles. The number of rotatable bonds is 3. The lowest BCUT2D eigenvalue weighted by atomic mass is 9.84. The monoisotopic (exact) mass is 866 g/mol. The maximum atomic E-state index is 14.0. The van der Waals surface area contributed by atoms with E-state index in [2.05, 4.69) is 25.2 Å². The van der Waals surface area contributed by atoms with Crippen LogP contribution in [0.3, 0.4) is 0 Å². The van der Waals surface area contributed by atoms with Crippen LogP contribution in [0, 0.1) is 23.7 Å². The summed E-state index contributed by atoms with van der Waals surface area (Å²) in [5.41, 5.74) is 2.14. The first-order valence-corrected chi connectivity index (χ1v) is 22.5. The molecule has 0 aromatic carbocycles. The Morgan fingerprint density at radius 2 is 1.61 bits per heavy atom. The largest absolute Gasteiger partial charge is 0.461 e. The van der Waals surface area contributed by atoms with Gasteiger partial charge in [-0.3, -0.25) is 24.0 Å². The Kier molecular flexibility index (Phi) is 17.3. The molecule has 14 nitrogen and oxygen atoms in total. The van der Waals surface area contributed by atoms with Gasteiger partial charge >= 0.3 is 5.97 Å². The summed E-state index contributed by atoms with van der Waals surface area (Å²) < 4.78 is 23.4. The number of hydrogen-bond donors (Lipinski definition) is 2. The van der Waals surface area contributed by atoms with Gasteiger partial charge in [0, 0.05) is 51.4 Å². The second-order valence-electron chi connectivity index (χ2n) is 18.2. The molecule has 2 saturated heterocycles. The number of aliphatic hydroxyl groups is 2. The van der Waals surface area contributed by atoms with Gasteiger partial charge in [0.05, 0.1) is 23.9 Å². The van der Waals surface area contributed by atoms with E-state index in [0.717, 1.165) is 29.0 Å². The zero-order valence-electron chi connectivity index (χ0n) is 38.1. The van der Waals surface area contributed by atoms with Gasteiger partial charge in [0.25, 0.3) is 11.7 Å². The van der Waals surface area contributed by atoms with Crippen LogP contribution in [0.4, 0.5) is 0 Å². The van der Waals surface area contributed by atoms with Crippen LogP contribution in [0.1, 0.15) is 113 Å². The van der Waals surface area contributed by atoms with Crippen molar-refractivity contribution in [1.29, 1.82) is 0 Å². The predicted molar refractivity (Wildman–Crippen MR) is 231 cm³/mol. The highest BCUT2D eigenvalue weighted by atomic mass is 16.7. The Bertz CT molecular complexity index is 1800. The Morgan fingerprint density at radius 3 is 2.29 bits per heavy atom. The first kappa shape index (κ1) is 49.2. The minimum absolute atomic E-state index is 0.0739. The van der Waals surface area contributed by atoms with E-state index in [0.29, 0.717) is 37.7 Å². The van der Waals surface area contributed by atoms with E-state index in [1.165, 1.54) is 7.11 Å². The van der Waals surface area contributed by atoms with Gasteiger partial charge in [-0.25, -0.2) is 9.86 Å². The molecule has 13 atom stereocenters. The average molecular weight is 867 g/mol. The topological polar surface area (TPSA) is 178 Å². The summed E-state index contributed by atoms with van der Waals surface area (Å²) in [6, 6.07) is -1.32.